The molecule has 2 heterocycles. The van der Waals surface area contributed by atoms with E-state index >= 15 is 0 Å². The zero-order chi connectivity index (χ0) is 12.1. The number of aromatic nitrogens is 4. The summed E-state index contributed by atoms with van der Waals surface area (Å²) < 4.78 is 2.70. The number of hydrogen-bond acceptors (Lipinski definition) is 4. The first-order valence-electron chi connectivity index (χ1n) is 5.53. The van der Waals surface area contributed by atoms with Crippen LogP contribution in [0.2, 0.25) is 0 Å². The molecule has 2 rings (SSSR count). The average molecular weight is 296 g/mol. The second kappa shape index (κ2) is 5.88. The number of pyridine rings is 1. The lowest BCUT2D eigenvalue weighted by Crippen LogP contribution is -2.18. The number of nitrogens with zero attached hydrogens (tertiary/aromatic N) is 4. The fraction of sp³-hybridized carbons (Fsp3) is 0.364. The Morgan fingerprint density at radius 2 is 2.24 bits per heavy atom. The molecule has 0 aromatic carbocycles. The lowest BCUT2D eigenvalue weighted by Gasteiger charge is -2.05. The van der Waals surface area contributed by atoms with E-state index in [9.17, 15) is 0 Å². The van der Waals surface area contributed by atoms with Gasteiger partial charge in [-0.05, 0) is 41.0 Å². The van der Waals surface area contributed by atoms with E-state index in [4.69, 9.17) is 0 Å². The van der Waals surface area contributed by atoms with Gasteiger partial charge < -0.3 is 5.32 Å². The molecule has 0 atom stereocenters. The van der Waals surface area contributed by atoms with E-state index in [0.717, 1.165) is 29.1 Å². The van der Waals surface area contributed by atoms with Gasteiger partial charge in [-0.15, -0.1) is 0 Å². The molecule has 0 bridgehead atoms. The molecule has 5 nitrogen and oxygen atoms in total. The van der Waals surface area contributed by atoms with Crippen molar-refractivity contribution in [2.45, 2.75) is 19.9 Å². The van der Waals surface area contributed by atoms with Crippen LogP contribution in [0.1, 0.15) is 19.2 Å². The van der Waals surface area contributed by atoms with Crippen LogP contribution in [0.25, 0.3) is 5.82 Å². The van der Waals surface area contributed by atoms with Gasteiger partial charge in [-0.25, -0.2) is 9.97 Å². The van der Waals surface area contributed by atoms with Crippen LogP contribution in [-0.4, -0.2) is 26.3 Å². The van der Waals surface area contributed by atoms with Crippen molar-refractivity contribution in [1.29, 1.82) is 0 Å². The van der Waals surface area contributed by atoms with E-state index in [1.807, 2.05) is 12.1 Å². The second-order valence-corrected chi connectivity index (χ2v) is 4.52. The third kappa shape index (κ3) is 3.10. The normalized spacial score (nSPS) is 10.7. The molecule has 0 amide bonds. The summed E-state index contributed by atoms with van der Waals surface area (Å²) in [6, 6.07) is 3.84. The van der Waals surface area contributed by atoms with Crippen LogP contribution < -0.4 is 5.32 Å². The molecule has 0 fully saturated rings. The highest BCUT2D eigenvalue weighted by atomic mass is 79.9. The van der Waals surface area contributed by atoms with Gasteiger partial charge in [0.05, 0.1) is 6.54 Å². The van der Waals surface area contributed by atoms with Gasteiger partial charge in [0, 0.05) is 10.7 Å². The van der Waals surface area contributed by atoms with Crippen molar-refractivity contribution < 1.29 is 0 Å². The fourth-order valence-electron chi connectivity index (χ4n) is 1.45. The summed E-state index contributed by atoms with van der Waals surface area (Å²) in [6.07, 6.45) is 4.40. The molecule has 0 unspecified atom stereocenters. The van der Waals surface area contributed by atoms with E-state index in [1.54, 1.807) is 17.2 Å². The number of halogens is 1. The molecule has 17 heavy (non-hydrogen) atoms. The number of hydrogen-bond donors (Lipinski definition) is 1. The number of rotatable bonds is 5. The minimum absolute atomic E-state index is 0.700. The van der Waals surface area contributed by atoms with E-state index in [1.165, 1.54) is 0 Å². The Kier molecular flexibility index (Phi) is 4.22. The Labute approximate surface area is 108 Å². The Balaban J connectivity index is 2.15. The van der Waals surface area contributed by atoms with Crippen LogP contribution >= 0.6 is 15.9 Å². The van der Waals surface area contributed by atoms with Crippen LogP contribution in [0.5, 0.6) is 0 Å². The molecule has 6 heteroatoms. The predicted molar refractivity (Wildman–Crippen MR) is 68.9 cm³/mol. The maximum absolute atomic E-state index is 4.30. The van der Waals surface area contributed by atoms with Crippen LogP contribution in [0.3, 0.4) is 0 Å². The highest BCUT2D eigenvalue weighted by Gasteiger charge is 2.06. The minimum Gasteiger partial charge on any atom is -0.310 e. The van der Waals surface area contributed by atoms with Gasteiger partial charge >= 0.3 is 0 Å². The minimum atomic E-state index is 0.700. The van der Waals surface area contributed by atoms with Gasteiger partial charge in [0.2, 0.25) is 0 Å². The highest BCUT2D eigenvalue weighted by molar-refractivity contribution is 9.10. The van der Waals surface area contributed by atoms with Crippen molar-refractivity contribution in [1.82, 2.24) is 25.1 Å². The summed E-state index contributed by atoms with van der Waals surface area (Å²) in [4.78, 5) is 8.52. The van der Waals surface area contributed by atoms with E-state index in [0.29, 0.717) is 6.54 Å². The van der Waals surface area contributed by atoms with E-state index in [2.05, 4.69) is 43.2 Å². The van der Waals surface area contributed by atoms with Gasteiger partial charge in [-0.1, -0.05) is 6.92 Å². The largest absolute Gasteiger partial charge is 0.310 e. The first kappa shape index (κ1) is 12.2. The zero-order valence-electron chi connectivity index (χ0n) is 9.60. The molecule has 90 valence electrons. The Bertz CT molecular complexity index is 465. The lowest BCUT2D eigenvalue weighted by atomic mass is 10.4. The van der Waals surface area contributed by atoms with Crippen LogP contribution in [0, 0.1) is 0 Å². The van der Waals surface area contributed by atoms with Crippen molar-refractivity contribution in [2.75, 3.05) is 6.54 Å². The summed E-state index contributed by atoms with van der Waals surface area (Å²) in [6.45, 7) is 3.81. The van der Waals surface area contributed by atoms with Crippen LogP contribution in [0.15, 0.2) is 29.1 Å². The zero-order valence-corrected chi connectivity index (χ0v) is 11.2. The lowest BCUT2D eigenvalue weighted by molar-refractivity contribution is 0.629. The quantitative estimate of drug-likeness (QED) is 0.857. The molecule has 2 aromatic heterocycles. The topological polar surface area (TPSA) is 55.6 Å². The van der Waals surface area contributed by atoms with Gasteiger partial charge in [-0.3, -0.25) is 0 Å². The molecule has 0 saturated heterocycles. The van der Waals surface area contributed by atoms with Gasteiger partial charge in [0.1, 0.15) is 12.2 Å². The third-order valence-electron chi connectivity index (χ3n) is 2.26. The molecule has 2 aromatic rings. The molecular weight excluding hydrogens is 282 g/mol. The first-order valence-corrected chi connectivity index (χ1v) is 6.32. The molecule has 0 radical (unpaired) electrons. The van der Waals surface area contributed by atoms with Gasteiger partial charge in [0.15, 0.2) is 5.82 Å². The SMILES string of the molecule is CCCNCc1ncnn1-c1ccc(Br)cn1. The van der Waals surface area contributed by atoms with Gasteiger partial charge in [0.25, 0.3) is 0 Å². The summed E-state index contributed by atoms with van der Waals surface area (Å²) >= 11 is 3.36. The second-order valence-electron chi connectivity index (χ2n) is 3.60. The highest BCUT2D eigenvalue weighted by Crippen LogP contribution is 2.10. The fourth-order valence-corrected chi connectivity index (χ4v) is 1.68. The maximum Gasteiger partial charge on any atom is 0.155 e. The molecular formula is C11H14BrN5. The van der Waals surface area contributed by atoms with Crippen molar-refractivity contribution in [3.63, 3.8) is 0 Å². The Morgan fingerprint density at radius 1 is 1.35 bits per heavy atom. The van der Waals surface area contributed by atoms with Crippen molar-refractivity contribution in [3.05, 3.63) is 35.0 Å². The first-order chi connectivity index (χ1) is 8.31. The summed E-state index contributed by atoms with van der Waals surface area (Å²) in [5.41, 5.74) is 0. The van der Waals surface area contributed by atoms with E-state index < -0.39 is 0 Å². The predicted octanol–water partition coefficient (Wildman–Crippen LogP) is 1.92. The van der Waals surface area contributed by atoms with E-state index in [-0.39, 0.29) is 0 Å². The summed E-state index contributed by atoms with van der Waals surface area (Å²) in [7, 11) is 0. The maximum atomic E-state index is 4.30. The molecule has 0 aliphatic carbocycles. The van der Waals surface area contributed by atoms with Crippen molar-refractivity contribution >= 4 is 15.9 Å². The molecule has 1 N–H and O–H groups in total. The standard InChI is InChI=1S/C11H14BrN5/c1-2-5-13-7-11-15-8-16-17(11)10-4-3-9(12)6-14-10/h3-4,6,8,13H,2,5,7H2,1H3. The monoisotopic (exact) mass is 295 g/mol. The molecule has 0 saturated carbocycles. The average Bonchev–Trinajstić information content (AvgIpc) is 2.79. The van der Waals surface area contributed by atoms with Crippen molar-refractivity contribution in [2.24, 2.45) is 0 Å². The third-order valence-corrected chi connectivity index (χ3v) is 2.73. The Morgan fingerprint density at radius 3 is 2.94 bits per heavy atom. The van der Waals surface area contributed by atoms with Crippen molar-refractivity contribution in [3.8, 4) is 5.82 Å². The molecule has 0 spiro atoms. The molecule has 0 aliphatic heterocycles. The summed E-state index contributed by atoms with van der Waals surface area (Å²) in [5, 5.41) is 7.48. The summed E-state index contributed by atoms with van der Waals surface area (Å²) in [5.74, 6) is 1.65. The van der Waals surface area contributed by atoms with Crippen LogP contribution in [-0.2, 0) is 6.54 Å². The molecule has 0 aliphatic rings. The number of nitrogens with one attached hydrogen (secondary N) is 1. The smallest absolute Gasteiger partial charge is 0.155 e. The van der Waals surface area contributed by atoms with Crippen LogP contribution in [0.4, 0.5) is 0 Å². The van der Waals surface area contributed by atoms with Gasteiger partial charge in [-0.2, -0.15) is 9.78 Å². The Hall–Kier alpha value is -1.27.